The molecule has 1 heterocycles. The maximum Gasteiger partial charge on any atom is 0.422 e. The van der Waals surface area contributed by atoms with Gasteiger partial charge in [0.1, 0.15) is 0 Å². The zero-order valence-electron chi connectivity index (χ0n) is 14.1. The fourth-order valence-electron chi connectivity index (χ4n) is 2.09. The number of benzene rings is 1. The number of nitrogens with one attached hydrogen (secondary N) is 1. The number of hydrogen-bond donors (Lipinski definition) is 1. The van der Waals surface area contributed by atoms with Gasteiger partial charge in [-0.2, -0.15) is 13.2 Å². The lowest BCUT2D eigenvalue weighted by Crippen LogP contribution is -2.24. The van der Waals surface area contributed by atoms with Crippen molar-refractivity contribution in [2.24, 2.45) is 0 Å². The van der Waals surface area contributed by atoms with E-state index in [0.717, 1.165) is 0 Å². The second kappa shape index (κ2) is 8.41. The van der Waals surface area contributed by atoms with Gasteiger partial charge in [-0.05, 0) is 24.3 Å². The molecule has 6 nitrogen and oxygen atoms in total. The van der Waals surface area contributed by atoms with Gasteiger partial charge in [0.05, 0.1) is 14.2 Å². The molecule has 0 saturated heterocycles. The molecule has 0 atom stereocenters. The fraction of sp³-hybridized carbons (Fsp3) is 0.294. The van der Waals surface area contributed by atoms with Crippen molar-refractivity contribution < 1.29 is 32.2 Å². The van der Waals surface area contributed by atoms with Gasteiger partial charge in [0.25, 0.3) is 5.91 Å². The monoisotopic (exact) mass is 370 g/mol. The predicted molar refractivity (Wildman–Crippen MR) is 86.5 cm³/mol. The van der Waals surface area contributed by atoms with Crippen molar-refractivity contribution in [1.29, 1.82) is 0 Å². The summed E-state index contributed by atoms with van der Waals surface area (Å²) in [6.07, 6.45) is -3.16. The first-order valence-corrected chi connectivity index (χ1v) is 7.47. The van der Waals surface area contributed by atoms with E-state index in [9.17, 15) is 18.0 Å². The summed E-state index contributed by atoms with van der Waals surface area (Å²) in [5, 5.41) is 2.61. The van der Waals surface area contributed by atoms with Crippen LogP contribution in [0.5, 0.6) is 17.4 Å². The van der Waals surface area contributed by atoms with Gasteiger partial charge in [0.2, 0.25) is 5.88 Å². The van der Waals surface area contributed by atoms with Gasteiger partial charge in [-0.15, -0.1) is 0 Å². The number of halogens is 3. The summed E-state index contributed by atoms with van der Waals surface area (Å²) in [7, 11) is 2.92. The molecule has 1 aromatic heterocycles. The Balaban J connectivity index is 2.06. The normalized spacial score (nSPS) is 11.0. The summed E-state index contributed by atoms with van der Waals surface area (Å²) < 4.78 is 51.8. The molecule has 140 valence electrons. The molecule has 0 fully saturated rings. The first kappa shape index (κ1) is 19.4. The largest absolute Gasteiger partial charge is 0.493 e. The Morgan fingerprint density at radius 2 is 1.88 bits per heavy atom. The zero-order valence-corrected chi connectivity index (χ0v) is 14.1. The highest BCUT2D eigenvalue weighted by Crippen LogP contribution is 2.27. The van der Waals surface area contributed by atoms with Crippen molar-refractivity contribution >= 4 is 5.91 Å². The Labute approximate surface area is 147 Å². The molecular formula is C17H17F3N2O4. The number of pyridine rings is 1. The third-order valence-electron chi connectivity index (χ3n) is 3.31. The molecule has 1 N–H and O–H groups in total. The molecule has 0 saturated carbocycles. The Kier molecular flexibility index (Phi) is 6.26. The van der Waals surface area contributed by atoms with Gasteiger partial charge in [0, 0.05) is 23.9 Å². The standard InChI is InChI=1S/C17H17F3N2O4/c1-24-13-6-5-11(8-14(13)25-2)15(23)22-9-12-4-3-7-21-16(12)26-10-17(18,19)20/h3-8H,9-10H2,1-2H3,(H,22,23). The molecule has 9 heteroatoms. The quantitative estimate of drug-likeness (QED) is 0.812. The van der Waals surface area contributed by atoms with Gasteiger partial charge in [0.15, 0.2) is 18.1 Å². The summed E-state index contributed by atoms with van der Waals surface area (Å²) in [6.45, 7) is -1.51. The van der Waals surface area contributed by atoms with Crippen molar-refractivity contribution in [3.8, 4) is 17.4 Å². The number of rotatable bonds is 7. The molecule has 1 amide bonds. The molecule has 0 unspecified atom stereocenters. The Hall–Kier alpha value is -2.97. The summed E-state index contributed by atoms with van der Waals surface area (Å²) in [5.41, 5.74) is 0.634. The van der Waals surface area contributed by atoms with Crippen molar-refractivity contribution in [3.63, 3.8) is 0 Å². The van der Waals surface area contributed by atoms with Gasteiger partial charge in [-0.1, -0.05) is 6.07 Å². The maximum absolute atomic E-state index is 12.3. The van der Waals surface area contributed by atoms with Crippen LogP contribution in [0.3, 0.4) is 0 Å². The lowest BCUT2D eigenvalue weighted by atomic mass is 10.2. The van der Waals surface area contributed by atoms with Gasteiger partial charge in [-0.3, -0.25) is 4.79 Å². The number of carbonyl (C=O) groups excluding carboxylic acids is 1. The number of alkyl halides is 3. The van der Waals surface area contributed by atoms with E-state index in [0.29, 0.717) is 22.6 Å². The Bertz CT molecular complexity index is 766. The second-order valence-corrected chi connectivity index (χ2v) is 5.12. The molecule has 0 aliphatic carbocycles. The molecule has 0 aliphatic rings. The Morgan fingerprint density at radius 1 is 1.15 bits per heavy atom. The van der Waals surface area contributed by atoms with Crippen LogP contribution in [-0.4, -0.2) is 37.9 Å². The summed E-state index contributed by atoms with van der Waals surface area (Å²) >= 11 is 0. The van der Waals surface area contributed by atoms with Gasteiger partial charge < -0.3 is 19.5 Å². The van der Waals surface area contributed by atoms with E-state index in [1.807, 2.05) is 0 Å². The number of aromatic nitrogens is 1. The first-order valence-electron chi connectivity index (χ1n) is 7.47. The van der Waals surface area contributed by atoms with Crippen LogP contribution in [0, 0.1) is 0 Å². The van der Waals surface area contributed by atoms with E-state index < -0.39 is 18.7 Å². The number of carbonyl (C=O) groups is 1. The summed E-state index contributed by atoms with van der Waals surface area (Å²) in [5.74, 6) is 0.240. The molecule has 1 aromatic carbocycles. The lowest BCUT2D eigenvalue weighted by Gasteiger charge is -2.13. The minimum Gasteiger partial charge on any atom is -0.493 e. The third-order valence-corrected chi connectivity index (χ3v) is 3.31. The van der Waals surface area contributed by atoms with E-state index in [1.165, 1.54) is 32.5 Å². The highest BCUT2D eigenvalue weighted by Gasteiger charge is 2.29. The SMILES string of the molecule is COc1ccc(C(=O)NCc2cccnc2OCC(F)(F)F)cc1OC. The molecule has 2 aromatic rings. The van der Waals surface area contributed by atoms with Crippen LogP contribution in [0.15, 0.2) is 36.5 Å². The number of amides is 1. The van der Waals surface area contributed by atoms with Crippen LogP contribution < -0.4 is 19.5 Å². The smallest absolute Gasteiger partial charge is 0.422 e. The maximum atomic E-state index is 12.3. The first-order chi connectivity index (χ1) is 12.3. The van der Waals surface area contributed by atoms with Gasteiger partial charge >= 0.3 is 6.18 Å². The number of ether oxygens (including phenoxy) is 3. The van der Waals surface area contributed by atoms with E-state index in [4.69, 9.17) is 9.47 Å². The van der Waals surface area contributed by atoms with E-state index >= 15 is 0 Å². The number of hydrogen-bond acceptors (Lipinski definition) is 5. The minimum atomic E-state index is -4.47. The van der Waals surface area contributed by atoms with Crippen LogP contribution in [0.4, 0.5) is 13.2 Å². The van der Waals surface area contributed by atoms with E-state index in [1.54, 1.807) is 18.2 Å². The minimum absolute atomic E-state index is 0.0474. The second-order valence-electron chi connectivity index (χ2n) is 5.12. The lowest BCUT2D eigenvalue weighted by molar-refractivity contribution is -0.154. The van der Waals surface area contributed by atoms with Crippen LogP contribution in [-0.2, 0) is 6.54 Å². The van der Waals surface area contributed by atoms with Crippen LogP contribution in [0.25, 0.3) is 0 Å². The highest BCUT2D eigenvalue weighted by atomic mass is 19.4. The average Bonchev–Trinajstić information content (AvgIpc) is 2.63. The fourth-order valence-corrected chi connectivity index (χ4v) is 2.09. The van der Waals surface area contributed by atoms with Crippen LogP contribution in [0.2, 0.25) is 0 Å². The van der Waals surface area contributed by atoms with Crippen molar-refractivity contribution in [2.75, 3.05) is 20.8 Å². The summed E-state index contributed by atoms with van der Waals surface area (Å²) in [6, 6.07) is 7.68. The van der Waals surface area contributed by atoms with Crippen molar-refractivity contribution in [2.45, 2.75) is 12.7 Å². The third kappa shape index (κ3) is 5.27. The summed E-state index contributed by atoms with van der Waals surface area (Å²) in [4.78, 5) is 16.0. The molecular weight excluding hydrogens is 353 g/mol. The average molecular weight is 370 g/mol. The Morgan fingerprint density at radius 3 is 2.54 bits per heavy atom. The van der Waals surface area contributed by atoms with Crippen LogP contribution >= 0.6 is 0 Å². The molecule has 26 heavy (non-hydrogen) atoms. The molecule has 0 bridgehead atoms. The van der Waals surface area contributed by atoms with E-state index in [2.05, 4.69) is 15.0 Å². The highest BCUT2D eigenvalue weighted by molar-refractivity contribution is 5.94. The van der Waals surface area contributed by atoms with Crippen molar-refractivity contribution in [1.82, 2.24) is 10.3 Å². The number of nitrogens with zero attached hydrogens (tertiary/aromatic N) is 1. The molecule has 0 radical (unpaired) electrons. The molecule has 2 rings (SSSR count). The molecule has 0 spiro atoms. The topological polar surface area (TPSA) is 69.7 Å². The zero-order chi connectivity index (χ0) is 19.2. The van der Waals surface area contributed by atoms with E-state index in [-0.39, 0.29) is 12.4 Å². The number of methoxy groups -OCH3 is 2. The molecule has 0 aliphatic heterocycles. The van der Waals surface area contributed by atoms with Crippen LogP contribution in [0.1, 0.15) is 15.9 Å². The predicted octanol–water partition coefficient (Wildman–Crippen LogP) is 2.97. The van der Waals surface area contributed by atoms with Crippen molar-refractivity contribution in [3.05, 3.63) is 47.7 Å². The van der Waals surface area contributed by atoms with Gasteiger partial charge in [-0.25, -0.2) is 4.98 Å².